The zero-order chi connectivity index (χ0) is 8.27. The third-order valence-corrected chi connectivity index (χ3v) is 1.18. The van der Waals surface area contributed by atoms with Crippen molar-refractivity contribution < 1.29 is 39.5 Å². The standard InChI is InChI=1S/C7H8N2O2.Na/c1-5-2-3-6(9-8-5)4-7(10)11;/h2-3H,4H2,1H3,(H,10,11);/q;+1/p-1. The molecule has 0 unspecified atom stereocenters. The van der Waals surface area contributed by atoms with Crippen LogP contribution >= 0.6 is 0 Å². The van der Waals surface area contributed by atoms with Crippen LogP contribution in [0.1, 0.15) is 11.4 Å². The number of nitrogens with zero attached hydrogens (tertiary/aromatic N) is 2. The van der Waals surface area contributed by atoms with Crippen LogP contribution in [0.25, 0.3) is 0 Å². The minimum atomic E-state index is -1.14. The van der Waals surface area contributed by atoms with Gasteiger partial charge in [0.1, 0.15) is 0 Å². The molecule has 0 saturated carbocycles. The molecule has 58 valence electrons. The van der Waals surface area contributed by atoms with Gasteiger partial charge in [-0.25, -0.2) is 0 Å². The van der Waals surface area contributed by atoms with E-state index in [9.17, 15) is 9.90 Å². The summed E-state index contributed by atoms with van der Waals surface area (Å²) in [6.07, 6.45) is -0.173. The van der Waals surface area contributed by atoms with Crippen molar-refractivity contribution in [2.75, 3.05) is 0 Å². The largest absolute Gasteiger partial charge is 1.00 e. The summed E-state index contributed by atoms with van der Waals surface area (Å²) in [6, 6.07) is 3.34. The number of aliphatic carboxylic acids is 1. The number of hydrogen-bond acceptors (Lipinski definition) is 4. The van der Waals surface area contributed by atoms with Crippen molar-refractivity contribution in [2.24, 2.45) is 0 Å². The number of aromatic nitrogens is 2. The maximum Gasteiger partial charge on any atom is 1.00 e. The molecule has 0 aliphatic rings. The first kappa shape index (κ1) is 11.6. The Morgan fingerprint density at radius 1 is 1.50 bits per heavy atom. The average Bonchev–Trinajstić information content (AvgIpc) is 1.93. The Labute approximate surface area is 92.3 Å². The molecule has 0 atom stereocenters. The number of rotatable bonds is 2. The van der Waals surface area contributed by atoms with Crippen LogP contribution in [-0.2, 0) is 11.2 Å². The van der Waals surface area contributed by atoms with E-state index in [1.807, 2.05) is 0 Å². The van der Waals surface area contributed by atoms with Crippen molar-refractivity contribution >= 4 is 5.97 Å². The van der Waals surface area contributed by atoms with Gasteiger partial charge < -0.3 is 9.90 Å². The first-order valence-corrected chi connectivity index (χ1v) is 3.17. The van der Waals surface area contributed by atoms with Crippen LogP contribution < -0.4 is 34.7 Å². The summed E-state index contributed by atoms with van der Waals surface area (Å²) >= 11 is 0. The molecular weight excluding hydrogens is 167 g/mol. The summed E-state index contributed by atoms with van der Waals surface area (Å²) < 4.78 is 0. The van der Waals surface area contributed by atoms with Crippen LogP contribution in [0.2, 0.25) is 0 Å². The van der Waals surface area contributed by atoms with Gasteiger partial charge >= 0.3 is 29.6 Å². The molecule has 5 heteroatoms. The van der Waals surface area contributed by atoms with E-state index in [0.29, 0.717) is 5.69 Å². The Bertz CT molecular complexity index is 261. The minimum absolute atomic E-state index is 0. The number of hydrogen-bond donors (Lipinski definition) is 0. The number of aryl methyl sites for hydroxylation is 1. The van der Waals surface area contributed by atoms with Crippen LogP contribution in [0, 0.1) is 6.92 Å². The monoisotopic (exact) mass is 174 g/mol. The molecule has 0 spiro atoms. The Morgan fingerprint density at radius 2 is 2.17 bits per heavy atom. The fourth-order valence-corrected chi connectivity index (χ4v) is 0.669. The van der Waals surface area contributed by atoms with E-state index < -0.39 is 5.97 Å². The normalized spacial score (nSPS) is 8.75. The summed E-state index contributed by atoms with van der Waals surface area (Å²) in [6.45, 7) is 1.79. The predicted octanol–water partition coefficient (Wildman–Crippen LogP) is -3.92. The first-order chi connectivity index (χ1) is 5.18. The molecule has 0 aliphatic heterocycles. The molecule has 0 fully saturated rings. The zero-order valence-electron chi connectivity index (χ0n) is 7.07. The van der Waals surface area contributed by atoms with Crippen LogP contribution in [-0.4, -0.2) is 16.2 Å². The molecule has 0 bridgehead atoms. The quantitative estimate of drug-likeness (QED) is 0.430. The third kappa shape index (κ3) is 3.80. The third-order valence-electron chi connectivity index (χ3n) is 1.18. The summed E-state index contributed by atoms with van der Waals surface area (Å²) in [5, 5.41) is 17.4. The van der Waals surface area contributed by atoms with Crippen LogP contribution in [0.5, 0.6) is 0 Å². The van der Waals surface area contributed by atoms with E-state index >= 15 is 0 Å². The molecule has 1 rings (SSSR count). The summed E-state index contributed by atoms with van der Waals surface area (Å²) in [5.74, 6) is -1.14. The molecule has 0 N–H and O–H groups in total. The number of carbonyl (C=O) groups is 1. The fourth-order valence-electron chi connectivity index (χ4n) is 0.669. The molecule has 0 saturated heterocycles. The first-order valence-electron chi connectivity index (χ1n) is 3.17. The van der Waals surface area contributed by atoms with Gasteiger partial charge in [-0.2, -0.15) is 10.2 Å². The van der Waals surface area contributed by atoms with Crippen molar-refractivity contribution in [1.29, 1.82) is 0 Å². The molecule has 12 heavy (non-hydrogen) atoms. The van der Waals surface area contributed by atoms with Crippen molar-refractivity contribution in [3.8, 4) is 0 Å². The van der Waals surface area contributed by atoms with Gasteiger partial charge in [0.25, 0.3) is 0 Å². The van der Waals surface area contributed by atoms with Gasteiger partial charge in [-0.3, -0.25) is 0 Å². The van der Waals surface area contributed by atoms with Gasteiger partial charge in [0, 0.05) is 12.4 Å². The maximum absolute atomic E-state index is 10.1. The van der Waals surface area contributed by atoms with Gasteiger partial charge in [-0.1, -0.05) is 0 Å². The van der Waals surface area contributed by atoms with Crippen molar-refractivity contribution in [1.82, 2.24) is 10.2 Å². The molecule has 0 aliphatic carbocycles. The molecule has 1 aromatic heterocycles. The Balaban J connectivity index is 0.00000121. The number of carboxylic acids is 1. The Hall–Kier alpha value is -0.450. The molecular formula is C7H7N2NaO2. The van der Waals surface area contributed by atoms with Crippen LogP contribution in [0.4, 0.5) is 0 Å². The van der Waals surface area contributed by atoms with Gasteiger partial charge in [0.2, 0.25) is 0 Å². The molecule has 0 aromatic carbocycles. The van der Waals surface area contributed by atoms with E-state index in [-0.39, 0.29) is 36.0 Å². The Kier molecular flexibility index (Phi) is 5.04. The SMILES string of the molecule is Cc1ccc(CC(=O)[O-])nn1.[Na+]. The van der Waals surface area contributed by atoms with E-state index in [0.717, 1.165) is 5.69 Å². The second-order valence-corrected chi connectivity index (χ2v) is 2.21. The number of carbonyl (C=O) groups excluding carboxylic acids is 1. The number of carboxylic acid groups (broad SMARTS) is 1. The maximum atomic E-state index is 10.1. The van der Waals surface area contributed by atoms with Gasteiger partial charge in [-0.05, 0) is 19.1 Å². The second kappa shape index (κ2) is 5.24. The van der Waals surface area contributed by atoms with E-state index in [1.165, 1.54) is 0 Å². The topological polar surface area (TPSA) is 65.9 Å². The molecule has 4 nitrogen and oxygen atoms in total. The van der Waals surface area contributed by atoms with Gasteiger partial charge in [0.15, 0.2) is 0 Å². The van der Waals surface area contributed by atoms with Gasteiger partial charge in [-0.15, -0.1) is 0 Å². The van der Waals surface area contributed by atoms with E-state index in [4.69, 9.17) is 0 Å². The van der Waals surface area contributed by atoms with E-state index in [2.05, 4.69) is 10.2 Å². The fraction of sp³-hybridized carbons (Fsp3) is 0.286. The van der Waals surface area contributed by atoms with Crippen LogP contribution in [0.15, 0.2) is 12.1 Å². The van der Waals surface area contributed by atoms with Crippen molar-refractivity contribution in [2.45, 2.75) is 13.3 Å². The summed E-state index contributed by atoms with van der Waals surface area (Å²) in [7, 11) is 0. The minimum Gasteiger partial charge on any atom is -0.550 e. The molecule has 0 amide bonds. The van der Waals surface area contributed by atoms with Gasteiger partial charge in [0.05, 0.1) is 11.4 Å². The molecule has 0 radical (unpaired) electrons. The average molecular weight is 174 g/mol. The molecule has 1 heterocycles. The smallest absolute Gasteiger partial charge is 0.550 e. The Morgan fingerprint density at radius 3 is 2.58 bits per heavy atom. The zero-order valence-corrected chi connectivity index (χ0v) is 9.07. The van der Waals surface area contributed by atoms with Crippen molar-refractivity contribution in [3.63, 3.8) is 0 Å². The second-order valence-electron chi connectivity index (χ2n) is 2.21. The molecule has 1 aromatic rings. The van der Waals surface area contributed by atoms with Crippen molar-refractivity contribution in [3.05, 3.63) is 23.5 Å². The predicted molar refractivity (Wildman–Crippen MR) is 35.5 cm³/mol. The van der Waals surface area contributed by atoms with Crippen LogP contribution in [0.3, 0.4) is 0 Å². The van der Waals surface area contributed by atoms with E-state index in [1.54, 1.807) is 19.1 Å². The summed E-state index contributed by atoms with van der Waals surface area (Å²) in [5.41, 5.74) is 1.20. The summed E-state index contributed by atoms with van der Waals surface area (Å²) in [4.78, 5) is 10.1.